The van der Waals surface area contributed by atoms with E-state index in [2.05, 4.69) is 37.1 Å². The Balaban J connectivity index is 1.17. The number of carbonyl (C=O) groups is 1. The van der Waals surface area contributed by atoms with E-state index in [-0.39, 0.29) is 11.8 Å². The first-order valence-corrected chi connectivity index (χ1v) is 11.5. The van der Waals surface area contributed by atoms with E-state index in [1.54, 1.807) is 12.4 Å². The van der Waals surface area contributed by atoms with Crippen LogP contribution in [0.3, 0.4) is 0 Å². The minimum absolute atomic E-state index is 0.0599. The van der Waals surface area contributed by atoms with Crippen LogP contribution in [0, 0.1) is 11.8 Å². The van der Waals surface area contributed by atoms with Gasteiger partial charge in [0.1, 0.15) is 11.5 Å². The second-order valence-corrected chi connectivity index (χ2v) is 9.14. The summed E-state index contributed by atoms with van der Waals surface area (Å²) in [5.74, 6) is 2.00. The van der Waals surface area contributed by atoms with Crippen molar-refractivity contribution in [3.05, 3.63) is 37.0 Å². The summed E-state index contributed by atoms with van der Waals surface area (Å²) in [7, 11) is 2.19. The smallest absolute Gasteiger partial charge is 0.228 e. The third kappa shape index (κ3) is 4.81. The topological polar surface area (TPSA) is 87.4 Å². The number of hydrogen-bond acceptors (Lipinski definition) is 7. The van der Waals surface area contributed by atoms with Crippen molar-refractivity contribution < 1.29 is 9.21 Å². The van der Waals surface area contributed by atoms with E-state index >= 15 is 0 Å². The predicted molar refractivity (Wildman–Crippen MR) is 123 cm³/mol. The molecule has 1 aliphatic carbocycles. The van der Waals surface area contributed by atoms with Crippen LogP contribution in [-0.2, 0) is 4.79 Å². The van der Waals surface area contributed by atoms with Gasteiger partial charge in [-0.1, -0.05) is 0 Å². The van der Waals surface area contributed by atoms with Crippen LogP contribution in [0.5, 0.6) is 0 Å². The second-order valence-electron chi connectivity index (χ2n) is 9.14. The van der Waals surface area contributed by atoms with Crippen molar-refractivity contribution in [2.75, 3.05) is 45.1 Å². The number of nitrogens with zero attached hydrogens (tertiary/aromatic N) is 5. The maximum atomic E-state index is 12.9. The molecular weight excluding hydrogens is 404 g/mol. The van der Waals surface area contributed by atoms with Crippen LogP contribution in [0.1, 0.15) is 25.7 Å². The van der Waals surface area contributed by atoms with Crippen molar-refractivity contribution in [2.24, 2.45) is 11.8 Å². The molecule has 1 amide bonds. The van der Waals surface area contributed by atoms with E-state index in [9.17, 15) is 4.79 Å². The van der Waals surface area contributed by atoms with Gasteiger partial charge < -0.3 is 19.5 Å². The minimum Gasteiger partial charge on any atom is -0.442 e. The lowest BCUT2D eigenvalue weighted by Gasteiger charge is -2.36. The number of pyridine rings is 2. The van der Waals surface area contributed by atoms with Crippen molar-refractivity contribution in [1.82, 2.24) is 24.8 Å². The highest BCUT2D eigenvalue weighted by Crippen LogP contribution is 2.30. The maximum Gasteiger partial charge on any atom is 0.228 e. The lowest BCUT2D eigenvalue weighted by atomic mass is 9.81. The molecule has 0 unspecified atom stereocenters. The molecule has 0 radical (unpaired) electrons. The number of piperazine rings is 1. The molecular formula is C24H30N6O2. The number of carbonyl (C=O) groups excluding carboxylic acids is 1. The van der Waals surface area contributed by atoms with Crippen LogP contribution in [0.2, 0.25) is 0 Å². The number of nitrogens with one attached hydrogen (secondary N) is 1. The highest BCUT2D eigenvalue weighted by atomic mass is 16.3. The number of anilines is 1. The van der Waals surface area contributed by atoms with Gasteiger partial charge >= 0.3 is 0 Å². The Bertz CT molecular complexity index is 1050. The number of likely N-dealkylation sites (N-methyl/N-ethyl adjacent to an activating group) is 1. The molecule has 8 nitrogen and oxygen atoms in total. The van der Waals surface area contributed by atoms with E-state index in [1.807, 2.05) is 18.2 Å². The van der Waals surface area contributed by atoms with Crippen molar-refractivity contribution in [3.8, 4) is 11.5 Å². The second kappa shape index (κ2) is 9.34. The van der Waals surface area contributed by atoms with Gasteiger partial charge in [0.05, 0.1) is 11.7 Å². The summed E-state index contributed by atoms with van der Waals surface area (Å²) >= 11 is 0. The van der Waals surface area contributed by atoms with Crippen molar-refractivity contribution in [3.63, 3.8) is 0 Å². The summed E-state index contributed by atoms with van der Waals surface area (Å²) in [6, 6.07) is 5.65. The highest BCUT2D eigenvalue weighted by Gasteiger charge is 2.28. The van der Waals surface area contributed by atoms with E-state index in [0.29, 0.717) is 23.2 Å². The molecule has 1 aliphatic heterocycles. The average Bonchev–Trinajstić information content (AvgIpc) is 3.36. The van der Waals surface area contributed by atoms with Crippen LogP contribution in [0.15, 0.2) is 41.4 Å². The summed E-state index contributed by atoms with van der Waals surface area (Å²) in [6.07, 6.45) is 8.92. The SMILES string of the molecule is CN1CCN(CC2CCC(C(=O)Nc3cc4nc(-c5cnco5)ccc4cn3)CC2)CC1. The van der Waals surface area contributed by atoms with Gasteiger partial charge in [0, 0.05) is 56.3 Å². The van der Waals surface area contributed by atoms with Crippen LogP contribution in [-0.4, -0.2) is 70.4 Å². The summed E-state index contributed by atoms with van der Waals surface area (Å²) in [6.45, 7) is 5.82. The minimum atomic E-state index is 0.0599. The zero-order chi connectivity index (χ0) is 21.9. The fourth-order valence-corrected chi connectivity index (χ4v) is 4.80. The Labute approximate surface area is 188 Å². The van der Waals surface area contributed by atoms with E-state index in [4.69, 9.17) is 4.42 Å². The fourth-order valence-electron chi connectivity index (χ4n) is 4.80. The van der Waals surface area contributed by atoms with Crippen LogP contribution < -0.4 is 5.32 Å². The third-order valence-electron chi connectivity index (χ3n) is 6.84. The van der Waals surface area contributed by atoms with Crippen LogP contribution in [0.4, 0.5) is 5.82 Å². The largest absolute Gasteiger partial charge is 0.442 e. The van der Waals surface area contributed by atoms with E-state index in [0.717, 1.165) is 62.8 Å². The predicted octanol–water partition coefficient (Wildman–Crippen LogP) is 3.28. The number of aromatic nitrogens is 3. The standard InChI is InChI=1S/C24H30N6O2/c1-29-8-10-30(11-9-29)15-17-2-4-18(5-3-17)24(31)28-23-12-21-19(13-26-23)6-7-20(27-21)22-14-25-16-32-22/h6-7,12-14,16-18H,2-5,8-11,15H2,1H3,(H,26,28,31). The number of amides is 1. The van der Waals surface area contributed by atoms with Gasteiger partial charge in [-0.25, -0.2) is 15.0 Å². The molecule has 0 bridgehead atoms. The molecule has 8 heteroatoms. The Hall–Kier alpha value is -2.84. The van der Waals surface area contributed by atoms with E-state index < -0.39 is 0 Å². The number of hydrogen-bond donors (Lipinski definition) is 1. The first kappa shape index (κ1) is 21.0. The lowest BCUT2D eigenvalue weighted by molar-refractivity contribution is -0.121. The zero-order valence-electron chi connectivity index (χ0n) is 18.5. The quantitative estimate of drug-likeness (QED) is 0.659. The summed E-state index contributed by atoms with van der Waals surface area (Å²) in [5, 5.41) is 3.93. The number of rotatable bonds is 5. The van der Waals surface area contributed by atoms with Crippen LogP contribution >= 0.6 is 0 Å². The molecule has 3 aromatic rings. The molecule has 1 N–H and O–H groups in total. The third-order valence-corrected chi connectivity index (χ3v) is 6.84. The molecule has 3 aromatic heterocycles. The van der Waals surface area contributed by atoms with Gasteiger partial charge in [-0.3, -0.25) is 4.79 Å². The summed E-state index contributed by atoms with van der Waals surface area (Å²) in [4.78, 5) is 30.9. The summed E-state index contributed by atoms with van der Waals surface area (Å²) in [5.41, 5.74) is 1.47. The number of oxazole rings is 1. The molecule has 0 atom stereocenters. The molecule has 2 fully saturated rings. The van der Waals surface area contributed by atoms with Crippen molar-refractivity contribution >= 4 is 22.6 Å². The normalized spacial score (nSPS) is 22.8. The highest BCUT2D eigenvalue weighted by molar-refractivity contribution is 5.93. The maximum absolute atomic E-state index is 12.9. The monoisotopic (exact) mass is 434 g/mol. The summed E-state index contributed by atoms with van der Waals surface area (Å²) < 4.78 is 5.34. The van der Waals surface area contributed by atoms with Crippen molar-refractivity contribution in [1.29, 1.82) is 0 Å². The van der Waals surface area contributed by atoms with Gasteiger partial charge in [0.2, 0.25) is 5.91 Å². The van der Waals surface area contributed by atoms with E-state index in [1.165, 1.54) is 12.9 Å². The Morgan fingerprint density at radius 2 is 1.94 bits per heavy atom. The Morgan fingerprint density at radius 3 is 2.69 bits per heavy atom. The molecule has 0 spiro atoms. The van der Waals surface area contributed by atoms with Gasteiger partial charge in [-0.05, 0) is 50.8 Å². The first-order valence-electron chi connectivity index (χ1n) is 11.5. The lowest BCUT2D eigenvalue weighted by Crippen LogP contribution is -2.46. The van der Waals surface area contributed by atoms with Gasteiger partial charge in [-0.15, -0.1) is 0 Å². The fraction of sp³-hybridized carbons (Fsp3) is 0.500. The molecule has 32 heavy (non-hydrogen) atoms. The van der Waals surface area contributed by atoms with Gasteiger partial charge in [-0.2, -0.15) is 0 Å². The zero-order valence-corrected chi connectivity index (χ0v) is 18.5. The molecule has 5 rings (SSSR count). The molecule has 1 saturated carbocycles. The van der Waals surface area contributed by atoms with Gasteiger partial charge in [0.15, 0.2) is 12.2 Å². The Kier molecular flexibility index (Phi) is 6.14. The molecule has 1 saturated heterocycles. The molecule has 2 aliphatic rings. The van der Waals surface area contributed by atoms with Crippen LogP contribution in [0.25, 0.3) is 22.4 Å². The molecule has 4 heterocycles. The number of fused-ring (bicyclic) bond motifs is 1. The molecule has 168 valence electrons. The molecule has 0 aromatic carbocycles. The Morgan fingerprint density at radius 1 is 1.12 bits per heavy atom. The first-order chi connectivity index (χ1) is 15.6. The van der Waals surface area contributed by atoms with Crippen molar-refractivity contribution in [2.45, 2.75) is 25.7 Å². The average molecular weight is 435 g/mol. The van der Waals surface area contributed by atoms with Gasteiger partial charge in [0.25, 0.3) is 0 Å².